The lowest BCUT2D eigenvalue weighted by Gasteiger charge is -2.02. The maximum atomic E-state index is 13.2. The van der Waals surface area contributed by atoms with Gasteiger partial charge in [-0.15, -0.1) is 0 Å². The number of halogens is 2. The fourth-order valence-electron chi connectivity index (χ4n) is 1.15. The second-order valence-electron chi connectivity index (χ2n) is 3.02. The minimum Gasteiger partial charge on any atom is -0.207 e. The highest BCUT2D eigenvalue weighted by Gasteiger charge is 2.01. The first-order valence-electron chi connectivity index (χ1n) is 4.49. The van der Waals surface area contributed by atoms with Gasteiger partial charge in [-0.25, -0.2) is 4.39 Å². The molecule has 0 unspecified atom stereocenters. The van der Waals surface area contributed by atoms with E-state index < -0.39 is 0 Å². The van der Waals surface area contributed by atoms with Gasteiger partial charge in [-0.05, 0) is 30.5 Å². The topological polar surface area (TPSA) is 0 Å². The van der Waals surface area contributed by atoms with Gasteiger partial charge in [0.25, 0.3) is 0 Å². The highest BCUT2D eigenvalue weighted by atomic mass is 35.5. The molecule has 0 fully saturated rings. The lowest BCUT2D eigenvalue weighted by atomic mass is 10.1. The molecule has 0 amide bonds. The SMILES string of the molecule is CCC[CH]Cc1ccc(Cl)cc1F. The number of unbranched alkanes of at least 4 members (excludes halogenated alkanes) is 2. The molecular formula is C11H13ClF. The van der Waals surface area contributed by atoms with Crippen molar-refractivity contribution in [2.45, 2.75) is 26.2 Å². The summed E-state index contributed by atoms with van der Waals surface area (Å²) in [5.74, 6) is -0.208. The van der Waals surface area contributed by atoms with Crippen LogP contribution < -0.4 is 0 Å². The average Bonchev–Trinajstić information content (AvgIpc) is 2.09. The minimum absolute atomic E-state index is 0.208. The zero-order chi connectivity index (χ0) is 9.68. The lowest BCUT2D eigenvalue weighted by Crippen LogP contribution is -1.91. The molecule has 1 rings (SSSR count). The number of rotatable bonds is 4. The molecule has 0 saturated heterocycles. The van der Waals surface area contributed by atoms with Crippen LogP contribution in [0.5, 0.6) is 0 Å². The van der Waals surface area contributed by atoms with Gasteiger partial charge in [-0.3, -0.25) is 0 Å². The Balaban J connectivity index is 2.56. The van der Waals surface area contributed by atoms with Crippen molar-refractivity contribution in [3.63, 3.8) is 0 Å². The molecule has 0 saturated carbocycles. The molecule has 1 aromatic carbocycles. The zero-order valence-electron chi connectivity index (χ0n) is 7.69. The second-order valence-corrected chi connectivity index (χ2v) is 3.45. The van der Waals surface area contributed by atoms with Crippen LogP contribution in [0, 0.1) is 12.2 Å². The van der Waals surface area contributed by atoms with E-state index in [-0.39, 0.29) is 5.82 Å². The molecule has 0 spiro atoms. The van der Waals surface area contributed by atoms with Crippen LogP contribution in [0.3, 0.4) is 0 Å². The van der Waals surface area contributed by atoms with Gasteiger partial charge in [0.2, 0.25) is 0 Å². The summed E-state index contributed by atoms with van der Waals surface area (Å²) in [5, 5.41) is 0.455. The Bertz CT molecular complexity index is 271. The van der Waals surface area contributed by atoms with Crippen molar-refractivity contribution in [1.82, 2.24) is 0 Å². The summed E-state index contributed by atoms with van der Waals surface area (Å²) in [5.41, 5.74) is 0.720. The van der Waals surface area contributed by atoms with Crippen LogP contribution in [0.2, 0.25) is 5.02 Å². The summed E-state index contributed by atoms with van der Waals surface area (Å²) < 4.78 is 13.2. The van der Waals surface area contributed by atoms with Crippen LogP contribution in [0.4, 0.5) is 4.39 Å². The van der Waals surface area contributed by atoms with E-state index in [1.165, 1.54) is 6.07 Å². The summed E-state index contributed by atoms with van der Waals surface area (Å²) >= 11 is 5.63. The fourth-order valence-corrected chi connectivity index (χ4v) is 1.31. The summed E-state index contributed by atoms with van der Waals surface area (Å²) in [6.07, 6.45) is 4.92. The van der Waals surface area contributed by atoms with E-state index in [1.807, 2.05) is 0 Å². The molecule has 0 atom stereocenters. The number of hydrogen-bond acceptors (Lipinski definition) is 0. The van der Waals surface area contributed by atoms with E-state index in [0.29, 0.717) is 11.4 Å². The maximum absolute atomic E-state index is 13.2. The molecule has 0 heterocycles. The van der Waals surface area contributed by atoms with Gasteiger partial charge in [0.15, 0.2) is 0 Å². The molecule has 0 aliphatic heterocycles. The second kappa shape index (κ2) is 5.23. The summed E-state index contributed by atoms with van der Waals surface area (Å²) in [6, 6.07) is 4.82. The minimum atomic E-state index is -0.208. The van der Waals surface area contributed by atoms with Crippen molar-refractivity contribution in [2.24, 2.45) is 0 Å². The van der Waals surface area contributed by atoms with Gasteiger partial charge < -0.3 is 0 Å². The van der Waals surface area contributed by atoms with Gasteiger partial charge in [-0.2, -0.15) is 0 Å². The van der Waals surface area contributed by atoms with E-state index >= 15 is 0 Å². The monoisotopic (exact) mass is 199 g/mol. The Kier molecular flexibility index (Phi) is 4.23. The Morgan fingerprint density at radius 1 is 1.46 bits per heavy atom. The van der Waals surface area contributed by atoms with Gasteiger partial charge >= 0.3 is 0 Å². The smallest absolute Gasteiger partial charge is 0.127 e. The highest BCUT2D eigenvalue weighted by molar-refractivity contribution is 6.30. The van der Waals surface area contributed by atoms with E-state index in [0.717, 1.165) is 18.4 Å². The third-order valence-corrected chi connectivity index (χ3v) is 2.11. The zero-order valence-corrected chi connectivity index (χ0v) is 8.44. The van der Waals surface area contributed by atoms with Crippen LogP contribution in [0.1, 0.15) is 25.3 Å². The normalized spacial score (nSPS) is 10.4. The molecule has 0 aromatic heterocycles. The molecule has 2 heteroatoms. The molecule has 71 valence electrons. The van der Waals surface area contributed by atoms with Crippen LogP contribution in [0.15, 0.2) is 18.2 Å². The third kappa shape index (κ3) is 3.35. The van der Waals surface area contributed by atoms with Gasteiger partial charge in [0.1, 0.15) is 5.82 Å². The maximum Gasteiger partial charge on any atom is 0.127 e. The Hall–Kier alpha value is -0.560. The van der Waals surface area contributed by atoms with Crippen LogP contribution in [-0.4, -0.2) is 0 Å². The predicted octanol–water partition coefficient (Wildman–Crippen LogP) is 4.03. The predicted molar refractivity (Wildman–Crippen MR) is 54.3 cm³/mol. The van der Waals surface area contributed by atoms with Crippen molar-refractivity contribution >= 4 is 11.6 Å². The Labute approximate surface area is 83.7 Å². The molecule has 0 aliphatic carbocycles. The van der Waals surface area contributed by atoms with E-state index in [1.54, 1.807) is 12.1 Å². The van der Waals surface area contributed by atoms with Crippen molar-refractivity contribution in [3.8, 4) is 0 Å². The van der Waals surface area contributed by atoms with Gasteiger partial charge in [0, 0.05) is 5.02 Å². The Morgan fingerprint density at radius 3 is 2.85 bits per heavy atom. The van der Waals surface area contributed by atoms with Crippen molar-refractivity contribution < 1.29 is 4.39 Å². The molecular weight excluding hydrogens is 187 g/mol. The van der Waals surface area contributed by atoms with Crippen LogP contribution in [-0.2, 0) is 6.42 Å². The largest absolute Gasteiger partial charge is 0.207 e. The fraction of sp³-hybridized carbons (Fsp3) is 0.364. The number of benzene rings is 1. The quantitative estimate of drug-likeness (QED) is 0.643. The van der Waals surface area contributed by atoms with E-state index in [2.05, 4.69) is 13.3 Å². The molecule has 13 heavy (non-hydrogen) atoms. The molecule has 0 nitrogen and oxygen atoms in total. The molecule has 1 radical (unpaired) electrons. The first kappa shape index (κ1) is 10.5. The number of hydrogen-bond donors (Lipinski definition) is 0. The summed E-state index contributed by atoms with van der Waals surface area (Å²) in [4.78, 5) is 0. The van der Waals surface area contributed by atoms with Crippen molar-refractivity contribution in [1.29, 1.82) is 0 Å². The van der Waals surface area contributed by atoms with E-state index in [9.17, 15) is 4.39 Å². The Morgan fingerprint density at radius 2 is 2.23 bits per heavy atom. The van der Waals surface area contributed by atoms with Crippen molar-refractivity contribution in [2.75, 3.05) is 0 Å². The molecule has 0 aliphatic rings. The third-order valence-electron chi connectivity index (χ3n) is 1.87. The van der Waals surface area contributed by atoms with Crippen LogP contribution in [0.25, 0.3) is 0 Å². The van der Waals surface area contributed by atoms with Crippen LogP contribution >= 0.6 is 11.6 Å². The summed E-state index contributed by atoms with van der Waals surface area (Å²) in [7, 11) is 0. The average molecular weight is 200 g/mol. The van der Waals surface area contributed by atoms with Gasteiger partial charge in [0.05, 0.1) is 0 Å². The highest BCUT2D eigenvalue weighted by Crippen LogP contribution is 2.16. The lowest BCUT2D eigenvalue weighted by molar-refractivity contribution is 0.611. The van der Waals surface area contributed by atoms with Crippen molar-refractivity contribution in [3.05, 3.63) is 41.0 Å². The standard InChI is InChI=1S/C11H13ClF/c1-2-3-4-5-9-6-7-10(12)8-11(9)13/h4,6-8H,2-3,5H2,1H3. The first-order valence-corrected chi connectivity index (χ1v) is 4.87. The first-order chi connectivity index (χ1) is 6.24. The molecule has 1 aromatic rings. The van der Waals surface area contributed by atoms with Gasteiger partial charge in [-0.1, -0.05) is 37.4 Å². The summed E-state index contributed by atoms with van der Waals surface area (Å²) in [6.45, 7) is 2.11. The molecule has 0 bridgehead atoms. The van der Waals surface area contributed by atoms with E-state index in [4.69, 9.17) is 11.6 Å². The molecule has 0 N–H and O–H groups in total.